The molecule has 0 atom stereocenters. The first-order valence-electron chi connectivity index (χ1n) is 8.70. The highest BCUT2D eigenvalue weighted by molar-refractivity contribution is 6.30. The molecule has 1 aromatic heterocycles. The molecule has 0 bridgehead atoms. The van der Waals surface area contributed by atoms with E-state index in [1.54, 1.807) is 0 Å². The fourth-order valence-corrected chi connectivity index (χ4v) is 3.16. The van der Waals surface area contributed by atoms with Crippen molar-refractivity contribution < 1.29 is 27.5 Å². The van der Waals surface area contributed by atoms with Gasteiger partial charge in [-0.15, -0.1) is 0 Å². The number of rotatable bonds is 4. The molecule has 3 rings (SSSR count). The van der Waals surface area contributed by atoms with Gasteiger partial charge < -0.3 is 14.5 Å². The minimum absolute atomic E-state index is 0.0657. The Morgan fingerprint density at radius 3 is 2.59 bits per heavy atom. The predicted molar refractivity (Wildman–Crippen MR) is 97.9 cm³/mol. The molecule has 7 nitrogen and oxygen atoms in total. The minimum atomic E-state index is -4.85. The van der Waals surface area contributed by atoms with E-state index in [9.17, 15) is 22.8 Å². The second-order valence-electron chi connectivity index (χ2n) is 6.45. The first kappa shape index (κ1) is 21.1. The van der Waals surface area contributed by atoms with Crippen LogP contribution in [0.4, 0.5) is 13.2 Å². The number of hydrogen-bond acceptors (Lipinski definition) is 4. The molecule has 1 aromatic carbocycles. The predicted octanol–water partition coefficient (Wildman–Crippen LogP) is 2.48. The summed E-state index contributed by atoms with van der Waals surface area (Å²) in [5, 5.41) is 3.97. The molecule has 0 saturated carbocycles. The Labute approximate surface area is 169 Å². The van der Waals surface area contributed by atoms with Gasteiger partial charge >= 0.3 is 6.18 Å². The molecule has 11 heteroatoms. The van der Waals surface area contributed by atoms with Crippen LogP contribution in [0, 0.1) is 0 Å². The Bertz CT molecular complexity index is 910. The highest BCUT2D eigenvalue weighted by atomic mass is 35.5. The van der Waals surface area contributed by atoms with Gasteiger partial charge in [-0.1, -0.05) is 17.7 Å². The van der Waals surface area contributed by atoms with Crippen LogP contribution < -0.4 is 0 Å². The molecule has 156 valence electrons. The molecule has 29 heavy (non-hydrogen) atoms. The molecule has 0 spiro atoms. The van der Waals surface area contributed by atoms with Crippen molar-refractivity contribution in [3.63, 3.8) is 0 Å². The normalized spacial score (nSPS) is 14.7. The maximum absolute atomic E-state index is 13.8. The van der Waals surface area contributed by atoms with Crippen LogP contribution in [-0.4, -0.2) is 71.3 Å². The highest BCUT2D eigenvalue weighted by Gasteiger charge is 2.41. The third-order valence-corrected chi connectivity index (χ3v) is 4.64. The summed E-state index contributed by atoms with van der Waals surface area (Å²) < 4.78 is 47.0. The summed E-state index contributed by atoms with van der Waals surface area (Å²) in [6.45, 7) is 1.17. The largest absolute Gasteiger partial charge is 0.434 e. The van der Waals surface area contributed by atoms with Crippen molar-refractivity contribution in [2.45, 2.75) is 6.18 Å². The third kappa shape index (κ3) is 4.70. The number of likely N-dealkylation sites (N-methyl/N-ethyl adjacent to an activating group) is 1. The number of alkyl halides is 3. The lowest BCUT2D eigenvalue weighted by atomic mass is 10.2. The topological polar surface area (TPSA) is 67.7 Å². The molecule has 2 amide bonds. The van der Waals surface area contributed by atoms with Crippen LogP contribution in [0.15, 0.2) is 30.5 Å². The summed E-state index contributed by atoms with van der Waals surface area (Å²) in [4.78, 5) is 27.5. The van der Waals surface area contributed by atoms with E-state index in [2.05, 4.69) is 5.10 Å². The van der Waals surface area contributed by atoms with E-state index in [-0.39, 0.29) is 23.2 Å². The summed E-state index contributed by atoms with van der Waals surface area (Å²) in [6, 6.07) is 5.70. The summed E-state index contributed by atoms with van der Waals surface area (Å²) in [5.41, 5.74) is -1.80. The molecule has 1 aliphatic heterocycles. The lowest BCUT2D eigenvalue weighted by Crippen LogP contribution is -2.46. The lowest BCUT2D eigenvalue weighted by molar-refractivity contribution is -0.143. The van der Waals surface area contributed by atoms with Crippen LogP contribution in [-0.2, 0) is 15.7 Å². The zero-order valence-corrected chi connectivity index (χ0v) is 16.2. The van der Waals surface area contributed by atoms with E-state index >= 15 is 0 Å². The maximum atomic E-state index is 13.8. The van der Waals surface area contributed by atoms with E-state index in [1.807, 2.05) is 0 Å². The monoisotopic (exact) mass is 430 g/mol. The number of halogens is 4. The van der Waals surface area contributed by atoms with Crippen LogP contribution >= 0.6 is 11.6 Å². The van der Waals surface area contributed by atoms with Crippen LogP contribution in [0.1, 0.15) is 16.1 Å². The van der Waals surface area contributed by atoms with Gasteiger partial charge in [-0.3, -0.25) is 9.59 Å². The molecule has 2 heterocycles. The van der Waals surface area contributed by atoms with Crippen molar-refractivity contribution >= 4 is 23.4 Å². The van der Waals surface area contributed by atoms with Gasteiger partial charge in [-0.05, 0) is 18.2 Å². The van der Waals surface area contributed by atoms with E-state index in [4.69, 9.17) is 16.3 Å². The van der Waals surface area contributed by atoms with Gasteiger partial charge in [0.05, 0.1) is 37.2 Å². The number of benzene rings is 1. The molecule has 0 unspecified atom stereocenters. The summed E-state index contributed by atoms with van der Waals surface area (Å²) in [7, 11) is 1.28. The molecule has 1 aliphatic rings. The van der Waals surface area contributed by atoms with Gasteiger partial charge in [0.25, 0.3) is 5.91 Å². The molecule has 1 fully saturated rings. The van der Waals surface area contributed by atoms with Crippen molar-refractivity contribution in [1.82, 2.24) is 19.6 Å². The number of aromatic nitrogens is 2. The summed E-state index contributed by atoms with van der Waals surface area (Å²) >= 11 is 5.86. The van der Waals surface area contributed by atoms with E-state index in [1.165, 1.54) is 36.2 Å². The number of morpholine rings is 1. The third-order valence-electron chi connectivity index (χ3n) is 4.40. The van der Waals surface area contributed by atoms with Gasteiger partial charge in [-0.2, -0.15) is 18.3 Å². The van der Waals surface area contributed by atoms with Gasteiger partial charge in [0.15, 0.2) is 5.69 Å². The summed E-state index contributed by atoms with van der Waals surface area (Å²) in [6.07, 6.45) is -4.00. The first-order valence-corrected chi connectivity index (χ1v) is 9.08. The second-order valence-corrected chi connectivity index (χ2v) is 6.89. The minimum Gasteiger partial charge on any atom is -0.378 e. The second kappa shape index (κ2) is 8.42. The number of hydrogen-bond donors (Lipinski definition) is 0. The molecule has 0 aliphatic carbocycles. The standard InChI is InChI=1S/C18H18ClF3N4O3/c1-24(11-15(27)25-5-7-29-8-6-25)17(28)14-10-23-26(16(14)18(20,21)22)13-4-2-3-12(19)9-13/h2-4,9-10H,5-8,11H2,1H3. The van der Waals surface area contributed by atoms with Crippen molar-refractivity contribution in [3.8, 4) is 5.69 Å². The van der Waals surface area contributed by atoms with E-state index in [0.29, 0.717) is 31.0 Å². The molecule has 1 saturated heterocycles. The average Bonchev–Trinajstić information content (AvgIpc) is 3.13. The zero-order valence-electron chi connectivity index (χ0n) is 15.4. The van der Waals surface area contributed by atoms with E-state index in [0.717, 1.165) is 11.1 Å². The highest BCUT2D eigenvalue weighted by Crippen LogP contribution is 2.34. The zero-order chi connectivity index (χ0) is 21.2. The van der Waals surface area contributed by atoms with Crippen molar-refractivity contribution in [2.24, 2.45) is 0 Å². The Morgan fingerprint density at radius 1 is 1.28 bits per heavy atom. The molecular formula is C18H18ClF3N4O3. The Kier molecular flexibility index (Phi) is 6.13. The fraction of sp³-hybridized carbons (Fsp3) is 0.389. The molecule has 0 N–H and O–H groups in total. The first-order chi connectivity index (χ1) is 13.7. The van der Waals surface area contributed by atoms with Gasteiger partial charge in [0.2, 0.25) is 5.91 Å². The van der Waals surface area contributed by atoms with Gasteiger partial charge in [0.1, 0.15) is 0 Å². The maximum Gasteiger partial charge on any atom is 0.434 e. The number of nitrogens with zero attached hydrogens (tertiary/aromatic N) is 4. The number of amides is 2. The Balaban J connectivity index is 1.87. The quantitative estimate of drug-likeness (QED) is 0.747. The van der Waals surface area contributed by atoms with Crippen molar-refractivity contribution in [1.29, 1.82) is 0 Å². The van der Waals surface area contributed by atoms with Crippen molar-refractivity contribution in [2.75, 3.05) is 39.9 Å². The van der Waals surface area contributed by atoms with Gasteiger partial charge in [-0.25, -0.2) is 4.68 Å². The fourth-order valence-electron chi connectivity index (χ4n) is 2.97. The Hall–Kier alpha value is -2.59. The van der Waals surface area contributed by atoms with Gasteiger partial charge in [0, 0.05) is 25.2 Å². The van der Waals surface area contributed by atoms with Crippen LogP contribution in [0.5, 0.6) is 0 Å². The smallest absolute Gasteiger partial charge is 0.378 e. The molecule has 2 aromatic rings. The number of ether oxygens (including phenoxy) is 1. The number of carbonyl (C=O) groups excluding carboxylic acids is 2. The van der Waals surface area contributed by atoms with Crippen molar-refractivity contribution in [3.05, 3.63) is 46.7 Å². The van der Waals surface area contributed by atoms with Crippen LogP contribution in [0.2, 0.25) is 5.02 Å². The SMILES string of the molecule is CN(CC(=O)N1CCOCC1)C(=O)c1cnn(-c2cccc(Cl)c2)c1C(F)(F)F. The van der Waals surface area contributed by atoms with E-state index < -0.39 is 23.3 Å². The number of carbonyl (C=O) groups is 2. The summed E-state index contributed by atoms with van der Waals surface area (Å²) in [5.74, 6) is -1.31. The molecular weight excluding hydrogens is 413 g/mol. The molecule has 0 radical (unpaired) electrons. The average molecular weight is 431 g/mol. The lowest BCUT2D eigenvalue weighted by Gasteiger charge is -2.28. The van der Waals surface area contributed by atoms with Crippen LogP contribution in [0.25, 0.3) is 5.69 Å². The van der Waals surface area contributed by atoms with Crippen LogP contribution in [0.3, 0.4) is 0 Å². The Morgan fingerprint density at radius 2 is 1.97 bits per heavy atom.